The van der Waals surface area contributed by atoms with Crippen LogP contribution in [-0.4, -0.2) is 38.9 Å². The van der Waals surface area contributed by atoms with Crippen LogP contribution < -0.4 is 10.0 Å². The number of rotatable bonds is 8. The molecule has 120 valence electrons. The molecule has 0 spiro atoms. The fourth-order valence-electron chi connectivity index (χ4n) is 1.65. The molecule has 0 aliphatic rings. The van der Waals surface area contributed by atoms with Crippen LogP contribution in [0.1, 0.15) is 20.3 Å². The molecule has 0 atom stereocenters. The molecule has 0 saturated heterocycles. The highest BCUT2D eigenvalue weighted by Crippen LogP contribution is 2.23. The molecule has 0 aliphatic heterocycles. The van der Waals surface area contributed by atoms with Gasteiger partial charge in [0.05, 0.1) is 5.69 Å². The van der Waals surface area contributed by atoms with Crippen molar-refractivity contribution in [3.05, 3.63) is 28.2 Å². The maximum Gasteiger partial charge on any atom is 0.301 e. The Balaban J connectivity index is 2.59. The van der Waals surface area contributed by atoms with E-state index in [0.29, 0.717) is 28.3 Å². The molecular weight excluding hydrogens is 333 g/mol. The molecule has 8 heteroatoms. The van der Waals surface area contributed by atoms with Gasteiger partial charge in [-0.1, -0.05) is 37.0 Å². The number of anilines is 1. The summed E-state index contributed by atoms with van der Waals surface area (Å²) in [5.74, 6) is 0. The summed E-state index contributed by atoms with van der Waals surface area (Å²) in [7, 11) is -2.08. The van der Waals surface area contributed by atoms with Crippen LogP contribution in [0.3, 0.4) is 0 Å². The summed E-state index contributed by atoms with van der Waals surface area (Å²) in [5, 5.41) is 4.00. The standard InChI is InChI=1S/C13H21Cl2N3O2S/c1-10(2)16-5-4-6-18(3)21(19,20)17-13-8-11(14)7-12(15)9-13/h7-10,16-17H,4-6H2,1-3H3. The van der Waals surface area contributed by atoms with Gasteiger partial charge in [-0.2, -0.15) is 12.7 Å². The van der Waals surface area contributed by atoms with Gasteiger partial charge in [-0.05, 0) is 31.2 Å². The van der Waals surface area contributed by atoms with Crippen molar-refractivity contribution in [2.45, 2.75) is 26.3 Å². The summed E-state index contributed by atoms with van der Waals surface area (Å²) in [6.45, 7) is 5.28. The van der Waals surface area contributed by atoms with E-state index in [1.807, 2.05) is 13.8 Å². The molecule has 0 bridgehead atoms. The van der Waals surface area contributed by atoms with E-state index in [4.69, 9.17) is 23.2 Å². The average Bonchev–Trinajstić information content (AvgIpc) is 2.32. The molecule has 1 rings (SSSR count). The Morgan fingerprint density at radius 2 is 1.76 bits per heavy atom. The molecule has 0 saturated carbocycles. The van der Waals surface area contributed by atoms with Crippen molar-refractivity contribution in [1.82, 2.24) is 9.62 Å². The molecule has 0 aliphatic carbocycles. The molecule has 0 unspecified atom stereocenters. The maximum absolute atomic E-state index is 12.2. The Morgan fingerprint density at radius 1 is 1.19 bits per heavy atom. The van der Waals surface area contributed by atoms with Gasteiger partial charge in [0.1, 0.15) is 0 Å². The average molecular weight is 354 g/mol. The van der Waals surface area contributed by atoms with E-state index in [-0.39, 0.29) is 0 Å². The van der Waals surface area contributed by atoms with Crippen molar-refractivity contribution in [3.8, 4) is 0 Å². The summed E-state index contributed by atoms with van der Waals surface area (Å²) < 4.78 is 28.0. The first-order valence-corrected chi connectivity index (χ1v) is 8.84. The predicted molar refractivity (Wildman–Crippen MR) is 89.4 cm³/mol. The highest BCUT2D eigenvalue weighted by Gasteiger charge is 2.17. The Morgan fingerprint density at radius 3 is 2.29 bits per heavy atom. The minimum absolute atomic E-state index is 0.347. The molecule has 1 aromatic rings. The normalized spacial score (nSPS) is 12.1. The Labute approximate surface area is 136 Å². The highest BCUT2D eigenvalue weighted by atomic mass is 35.5. The second-order valence-electron chi connectivity index (χ2n) is 5.05. The van der Waals surface area contributed by atoms with E-state index in [0.717, 1.165) is 13.0 Å². The topological polar surface area (TPSA) is 61.4 Å². The lowest BCUT2D eigenvalue weighted by Crippen LogP contribution is -2.35. The smallest absolute Gasteiger partial charge is 0.301 e. The SMILES string of the molecule is CC(C)NCCCN(C)S(=O)(=O)Nc1cc(Cl)cc(Cl)c1. The van der Waals surface area contributed by atoms with Gasteiger partial charge in [0, 0.05) is 29.7 Å². The van der Waals surface area contributed by atoms with E-state index >= 15 is 0 Å². The number of halogens is 2. The molecule has 2 N–H and O–H groups in total. The molecule has 0 amide bonds. The second-order valence-corrected chi connectivity index (χ2v) is 7.70. The first-order valence-electron chi connectivity index (χ1n) is 6.64. The van der Waals surface area contributed by atoms with Crippen molar-refractivity contribution < 1.29 is 8.42 Å². The van der Waals surface area contributed by atoms with Crippen LogP contribution in [-0.2, 0) is 10.2 Å². The zero-order chi connectivity index (χ0) is 16.0. The number of benzene rings is 1. The Bertz CT molecular complexity index is 544. The number of nitrogens with zero attached hydrogens (tertiary/aromatic N) is 1. The van der Waals surface area contributed by atoms with Crippen molar-refractivity contribution >= 4 is 39.1 Å². The summed E-state index contributed by atoms with van der Waals surface area (Å²) in [5.41, 5.74) is 0.347. The van der Waals surface area contributed by atoms with E-state index in [2.05, 4.69) is 10.0 Å². The number of hydrogen-bond donors (Lipinski definition) is 2. The van der Waals surface area contributed by atoms with Crippen LogP contribution in [0.4, 0.5) is 5.69 Å². The van der Waals surface area contributed by atoms with Crippen molar-refractivity contribution in [2.75, 3.05) is 24.9 Å². The molecule has 5 nitrogen and oxygen atoms in total. The monoisotopic (exact) mass is 353 g/mol. The largest absolute Gasteiger partial charge is 0.314 e. The van der Waals surface area contributed by atoms with E-state index < -0.39 is 10.2 Å². The van der Waals surface area contributed by atoms with Crippen LogP contribution in [0.15, 0.2) is 18.2 Å². The molecule has 0 radical (unpaired) electrons. The summed E-state index contributed by atoms with van der Waals surface area (Å²) >= 11 is 11.7. The predicted octanol–water partition coefficient (Wildman–Crippen LogP) is 2.97. The minimum Gasteiger partial charge on any atom is -0.314 e. The summed E-state index contributed by atoms with van der Waals surface area (Å²) in [6.07, 6.45) is 0.728. The van der Waals surface area contributed by atoms with Crippen LogP contribution >= 0.6 is 23.2 Å². The maximum atomic E-state index is 12.2. The first kappa shape index (κ1) is 18.5. The molecular formula is C13H21Cl2N3O2S. The van der Waals surface area contributed by atoms with Gasteiger partial charge in [0.15, 0.2) is 0 Å². The van der Waals surface area contributed by atoms with Gasteiger partial charge in [-0.3, -0.25) is 4.72 Å². The second kappa shape index (κ2) is 8.19. The molecule has 0 heterocycles. The molecule has 0 aromatic heterocycles. The van der Waals surface area contributed by atoms with Gasteiger partial charge in [-0.25, -0.2) is 0 Å². The van der Waals surface area contributed by atoms with Crippen LogP contribution in [0, 0.1) is 0 Å². The van der Waals surface area contributed by atoms with Gasteiger partial charge >= 0.3 is 10.2 Å². The molecule has 21 heavy (non-hydrogen) atoms. The van der Waals surface area contributed by atoms with Crippen molar-refractivity contribution in [3.63, 3.8) is 0 Å². The minimum atomic E-state index is -3.61. The zero-order valence-corrected chi connectivity index (χ0v) is 14.7. The molecule has 0 fully saturated rings. The third kappa shape index (κ3) is 6.84. The quantitative estimate of drug-likeness (QED) is 0.706. The van der Waals surface area contributed by atoms with Gasteiger partial charge in [-0.15, -0.1) is 0 Å². The third-order valence-electron chi connectivity index (χ3n) is 2.72. The summed E-state index contributed by atoms with van der Waals surface area (Å²) in [6, 6.07) is 4.96. The van der Waals surface area contributed by atoms with Crippen molar-refractivity contribution in [2.24, 2.45) is 0 Å². The van der Waals surface area contributed by atoms with Crippen LogP contribution in [0.25, 0.3) is 0 Å². The lowest BCUT2D eigenvalue weighted by atomic mass is 10.3. The first-order chi connectivity index (χ1) is 9.70. The Kier molecular flexibility index (Phi) is 7.23. The van der Waals surface area contributed by atoms with Gasteiger partial charge in [0.2, 0.25) is 0 Å². The molecule has 1 aromatic carbocycles. The fraction of sp³-hybridized carbons (Fsp3) is 0.538. The van der Waals surface area contributed by atoms with Crippen molar-refractivity contribution in [1.29, 1.82) is 0 Å². The Hall–Kier alpha value is -0.530. The zero-order valence-electron chi connectivity index (χ0n) is 12.4. The van der Waals surface area contributed by atoms with E-state index in [1.54, 1.807) is 6.07 Å². The lowest BCUT2D eigenvalue weighted by molar-refractivity contribution is 0.451. The van der Waals surface area contributed by atoms with Gasteiger partial charge in [0.25, 0.3) is 0 Å². The van der Waals surface area contributed by atoms with Crippen LogP contribution in [0.2, 0.25) is 10.0 Å². The summed E-state index contributed by atoms with van der Waals surface area (Å²) in [4.78, 5) is 0. The third-order valence-corrected chi connectivity index (χ3v) is 4.66. The van der Waals surface area contributed by atoms with E-state index in [1.165, 1.54) is 23.5 Å². The van der Waals surface area contributed by atoms with Crippen LogP contribution in [0.5, 0.6) is 0 Å². The van der Waals surface area contributed by atoms with E-state index in [9.17, 15) is 8.42 Å². The van der Waals surface area contributed by atoms with Gasteiger partial charge < -0.3 is 5.32 Å². The highest BCUT2D eigenvalue weighted by molar-refractivity contribution is 7.90. The number of nitrogens with one attached hydrogen (secondary N) is 2. The lowest BCUT2D eigenvalue weighted by Gasteiger charge is -2.19. The fourth-order valence-corrected chi connectivity index (χ4v) is 3.12. The number of hydrogen-bond acceptors (Lipinski definition) is 3.